The molecular formula is C113H114N8+8. The van der Waals surface area contributed by atoms with E-state index >= 15 is 0 Å². The van der Waals surface area contributed by atoms with Crippen molar-refractivity contribution in [3.8, 4) is 135 Å². The van der Waals surface area contributed by atoms with E-state index in [2.05, 4.69) is 446 Å². The molecule has 20 rings (SSSR count). The van der Waals surface area contributed by atoms with Gasteiger partial charge < -0.3 is 0 Å². The van der Waals surface area contributed by atoms with Crippen LogP contribution >= 0.6 is 0 Å². The zero-order valence-electron chi connectivity index (χ0n) is 73.6. The van der Waals surface area contributed by atoms with Crippen LogP contribution in [0.4, 0.5) is 0 Å². The molecule has 1 saturated carbocycles. The highest BCUT2D eigenvalue weighted by Gasteiger charge is 2.34. The summed E-state index contributed by atoms with van der Waals surface area (Å²) in [5, 5.41) is 0. The molecule has 8 aromatic heterocycles. The number of rotatable bonds is 10. The van der Waals surface area contributed by atoms with Crippen molar-refractivity contribution in [2.45, 2.75) is 113 Å². The maximum absolute atomic E-state index is 2.39. The molecule has 0 unspecified atom stereocenters. The Kier molecular flexibility index (Phi) is 22.6. The Bertz CT molecular complexity index is 6660. The lowest BCUT2D eigenvalue weighted by atomic mass is 9.83. The van der Waals surface area contributed by atoms with Crippen LogP contribution in [0.5, 0.6) is 0 Å². The summed E-state index contributed by atoms with van der Waals surface area (Å²) in [4.78, 5) is 0. The van der Waals surface area contributed by atoms with Crippen LogP contribution in [0.2, 0.25) is 0 Å². The molecule has 0 aliphatic heterocycles. The third kappa shape index (κ3) is 15.5. The van der Waals surface area contributed by atoms with Crippen molar-refractivity contribution < 1.29 is 36.5 Å². The summed E-state index contributed by atoms with van der Waals surface area (Å²) in [6.07, 6.45) is 16.2. The van der Waals surface area contributed by atoms with Gasteiger partial charge in [0.15, 0.2) is 41.4 Å². The van der Waals surface area contributed by atoms with Crippen molar-refractivity contribution in [3.63, 3.8) is 0 Å². The van der Waals surface area contributed by atoms with Gasteiger partial charge in [-0.25, -0.2) is 13.7 Å². The Morgan fingerprint density at radius 3 is 1.02 bits per heavy atom. The molecule has 8 aromatic carbocycles. The van der Waals surface area contributed by atoms with Gasteiger partial charge in [0.05, 0.1) is 24.0 Å². The molecule has 0 amide bonds. The van der Waals surface area contributed by atoms with E-state index < -0.39 is 0 Å². The first kappa shape index (κ1) is 80.4. The van der Waals surface area contributed by atoms with Crippen LogP contribution in [-0.4, -0.2) is 0 Å². The fourth-order valence-corrected chi connectivity index (χ4v) is 19.9. The Hall–Kier alpha value is -13.0. The number of hydrogen-bond acceptors (Lipinski definition) is 0. The highest BCUT2D eigenvalue weighted by Crippen LogP contribution is 2.43. The lowest BCUT2D eigenvalue weighted by Gasteiger charge is -2.22. The summed E-state index contributed by atoms with van der Waals surface area (Å²) in [6.45, 7) is 17.7. The Labute approximate surface area is 717 Å². The fraction of sp³-hybridized carbons (Fsp3) is 0.221. The van der Waals surface area contributed by atoms with Gasteiger partial charge in [0.25, 0.3) is 0 Å². The minimum atomic E-state index is 0.740. The molecule has 8 heterocycles. The van der Waals surface area contributed by atoms with Gasteiger partial charge in [-0.1, -0.05) is 128 Å². The lowest BCUT2D eigenvalue weighted by molar-refractivity contribution is -0.667. The summed E-state index contributed by atoms with van der Waals surface area (Å²) in [6, 6.07) is 103. The average Bonchev–Trinajstić information content (AvgIpc) is 1.72. The quantitative estimate of drug-likeness (QED) is 0.122. The van der Waals surface area contributed by atoms with E-state index in [1.165, 1.54) is 251 Å². The Morgan fingerprint density at radius 2 is 0.587 bits per heavy atom. The standard InChI is InChI=1S/C31H34N2.2C28H28N2.C26H24N2/c1-23-28(30-13-7-9-19-32(30)2)21-27(22-29(23)31-14-8-10-20-33(31)3)26-17-15-25(16-18-26)24-11-5-4-6-12-24;1-18-15-19(2)29(4)27(16-18)24-12-8-11-23(20(24)3)26-14-13-22-17-21-9-6-7-10-25(21)28(22)30(26)5;1-18-15-19(2)29(4)27(16-18)23-12-8-11-22(20(23)3)26-14-13-25-24-10-7-6-9-21(24)17-28(25)30(26)5;1-18-20(24-13-6-7-16-27(24)2)11-8-12-21(18)25-15-14-23-22-10-5-4-9-19(22)17-26(23)28(25)3/h7-10,13-22,24H,4-6,11-12H2,1-3H3;2*6-16H,17H2,1-5H3;4-16H,17H2,1-3H3/q4*+2. The van der Waals surface area contributed by atoms with E-state index in [9.17, 15) is 0 Å². The van der Waals surface area contributed by atoms with Crippen LogP contribution in [0.25, 0.3) is 135 Å². The average molecular weight is 1580 g/mol. The molecule has 1 fully saturated rings. The molecule has 8 nitrogen and oxygen atoms in total. The highest BCUT2D eigenvalue weighted by molar-refractivity contribution is 5.84. The third-order valence-corrected chi connectivity index (χ3v) is 26.9. The summed E-state index contributed by atoms with van der Waals surface area (Å²) in [5.74, 6) is 0.740. The molecule has 0 saturated heterocycles. The molecule has 0 N–H and O–H groups in total. The molecule has 8 heteroatoms. The normalized spacial score (nSPS) is 12.7. The van der Waals surface area contributed by atoms with E-state index in [4.69, 9.17) is 0 Å². The molecular weight excluding hydrogens is 1470 g/mol. The minimum absolute atomic E-state index is 0.740. The number of pyridine rings is 8. The molecule has 0 atom stereocenters. The second-order valence-electron chi connectivity index (χ2n) is 34.3. The van der Waals surface area contributed by atoms with E-state index in [0.717, 1.165) is 25.2 Å². The topological polar surface area (TPSA) is 31.0 Å². The second-order valence-corrected chi connectivity index (χ2v) is 34.3. The van der Waals surface area contributed by atoms with E-state index in [1.807, 2.05) is 0 Å². The maximum Gasteiger partial charge on any atom is 0.216 e. The highest BCUT2D eigenvalue weighted by atomic mass is 15.0. The smallest absolute Gasteiger partial charge is 0.201 e. The van der Waals surface area contributed by atoms with E-state index in [1.54, 1.807) is 0 Å². The molecule has 121 heavy (non-hydrogen) atoms. The van der Waals surface area contributed by atoms with Crippen molar-refractivity contribution >= 4 is 0 Å². The van der Waals surface area contributed by atoms with Gasteiger partial charge >= 0.3 is 0 Å². The first-order chi connectivity index (χ1) is 58.7. The number of hydrogen-bond donors (Lipinski definition) is 0. The molecule has 0 spiro atoms. The predicted molar refractivity (Wildman–Crippen MR) is 493 cm³/mol. The minimum Gasteiger partial charge on any atom is -0.201 e. The van der Waals surface area contributed by atoms with Gasteiger partial charge in [-0.05, 0) is 229 Å². The van der Waals surface area contributed by atoms with Crippen LogP contribution in [0.15, 0.2) is 298 Å². The number of benzene rings is 8. The van der Waals surface area contributed by atoms with Crippen molar-refractivity contribution in [2.24, 2.45) is 56.4 Å². The maximum atomic E-state index is 2.39. The second kappa shape index (κ2) is 34.0. The number of nitrogens with zero attached hydrogens (tertiary/aromatic N) is 8. The molecule has 0 radical (unpaired) electrons. The van der Waals surface area contributed by atoms with E-state index in [-0.39, 0.29) is 0 Å². The van der Waals surface area contributed by atoms with Gasteiger partial charge in [-0.15, -0.1) is 0 Å². The Morgan fingerprint density at radius 1 is 0.231 bits per heavy atom. The SMILES string of the molecule is Cc1c(-c2cccc[n+]2C)cc(-c2ccc(C3CCCCC3)cc2)cc1-c1cccc[n+]1C.Cc1c(-c2cccc[n+]2C)cccc1-c1ccc2c([n+]1C)Cc1ccccc1-2.Cc1cc(C)[n+](C)c(-c2cccc(-c3ccc4c([n+]3C)-c3ccccc3C4)c2C)c1.Cc1cc(C)[n+](C)c(-c2cccc(-c3ccc4c([n+]3C)Cc3ccccc3-4)c2C)c1. The first-order valence-corrected chi connectivity index (χ1v) is 43.3. The van der Waals surface area contributed by atoms with Crippen molar-refractivity contribution in [2.75, 3.05) is 0 Å². The largest absolute Gasteiger partial charge is 0.216 e. The number of aryl methyl sites for hydroxylation is 7. The van der Waals surface area contributed by atoms with Crippen LogP contribution < -0.4 is 36.5 Å². The molecule has 4 aliphatic carbocycles. The van der Waals surface area contributed by atoms with E-state index in [0.29, 0.717) is 0 Å². The lowest BCUT2D eigenvalue weighted by Crippen LogP contribution is -2.36. The summed E-state index contributed by atoms with van der Waals surface area (Å²) < 4.78 is 18.4. The molecule has 598 valence electrons. The van der Waals surface area contributed by atoms with Crippen molar-refractivity contribution in [1.82, 2.24) is 0 Å². The monoisotopic (exact) mass is 1580 g/mol. The van der Waals surface area contributed by atoms with Gasteiger partial charge in [-0.2, -0.15) is 22.8 Å². The Balaban J connectivity index is 0.000000115. The zero-order chi connectivity index (χ0) is 84.0. The summed E-state index contributed by atoms with van der Waals surface area (Å²) in [5.41, 5.74) is 51.5. The molecule has 0 bridgehead atoms. The van der Waals surface area contributed by atoms with Crippen LogP contribution in [0, 0.1) is 55.4 Å². The molecule has 16 aromatic rings. The van der Waals surface area contributed by atoms with Gasteiger partial charge in [0.1, 0.15) is 56.4 Å². The van der Waals surface area contributed by atoms with Crippen molar-refractivity contribution in [3.05, 3.63) is 382 Å². The van der Waals surface area contributed by atoms with Gasteiger partial charge in [0.2, 0.25) is 51.2 Å². The predicted octanol–water partition coefficient (Wildman–Crippen LogP) is 21.6. The van der Waals surface area contributed by atoms with Crippen molar-refractivity contribution in [1.29, 1.82) is 0 Å². The van der Waals surface area contributed by atoms with Crippen LogP contribution in [0.3, 0.4) is 0 Å². The zero-order valence-corrected chi connectivity index (χ0v) is 73.6. The van der Waals surface area contributed by atoms with Gasteiger partial charge in [-0.3, -0.25) is 0 Å². The first-order valence-electron chi connectivity index (χ1n) is 43.3. The fourth-order valence-electron chi connectivity index (χ4n) is 19.9. The van der Waals surface area contributed by atoms with Crippen LogP contribution in [0.1, 0.15) is 122 Å². The number of fused-ring (bicyclic) bond motifs is 9. The third-order valence-electron chi connectivity index (χ3n) is 26.9. The summed E-state index contributed by atoms with van der Waals surface area (Å²) in [7, 11) is 17.3. The van der Waals surface area contributed by atoms with Crippen LogP contribution in [-0.2, 0) is 75.6 Å². The summed E-state index contributed by atoms with van der Waals surface area (Å²) >= 11 is 0. The molecule has 4 aliphatic rings. The number of aromatic nitrogens is 8. The van der Waals surface area contributed by atoms with Gasteiger partial charge in [0, 0.05) is 155 Å².